The molecule has 0 spiro atoms. The summed E-state index contributed by atoms with van der Waals surface area (Å²) in [6, 6.07) is 13.5. The highest BCUT2D eigenvalue weighted by Gasteiger charge is 2.18. The Morgan fingerprint density at radius 2 is 2.00 bits per heavy atom. The molecule has 3 rings (SSSR count). The number of pyridine rings is 1. The van der Waals surface area contributed by atoms with Crippen LogP contribution in [0.5, 0.6) is 0 Å². The molecule has 134 valence electrons. The molecule has 1 amide bonds. The van der Waals surface area contributed by atoms with Crippen molar-refractivity contribution in [1.82, 2.24) is 9.88 Å². The molecule has 0 saturated heterocycles. The van der Waals surface area contributed by atoms with E-state index in [4.69, 9.17) is 4.98 Å². The highest BCUT2D eigenvalue weighted by molar-refractivity contribution is 7.13. The topological polar surface area (TPSA) is 59.5 Å². The van der Waals surface area contributed by atoms with Crippen LogP contribution in [0.4, 0.5) is 0 Å². The van der Waals surface area contributed by atoms with E-state index in [-0.39, 0.29) is 11.9 Å². The summed E-state index contributed by atoms with van der Waals surface area (Å²) in [6.07, 6.45) is 0.862. The van der Waals surface area contributed by atoms with Crippen LogP contribution in [0.3, 0.4) is 0 Å². The SMILES string of the molecule is COC(=O)CCCN(C)C(=O)c1cc(-c2cccs2)nc2ccccc12. The van der Waals surface area contributed by atoms with Gasteiger partial charge in [0.15, 0.2) is 0 Å². The molecule has 5 nitrogen and oxygen atoms in total. The highest BCUT2D eigenvalue weighted by atomic mass is 32.1. The van der Waals surface area contributed by atoms with Gasteiger partial charge in [-0.25, -0.2) is 4.98 Å². The molecule has 0 aliphatic heterocycles. The van der Waals surface area contributed by atoms with Crippen molar-refractivity contribution in [3.8, 4) is 10.6 Å². The van der Waals surface area contributed by atoms with Crippen LogP contribution in [0.25, 0.3) is 21.5 Å². The molecular formula is C20H20N2O3S. The quantitative estimate of drug-likeness (QED) is 0.617. The van der Waals surface area contributed by atoms with E-state index < -0.39 is 0 Å². The van der Waals surface area contributed by atoms with Gasteiger partial charge >= 0.3 is 5.97 Å². The number of hydrogen-bond acceptors (Lipinski definition) is 5. The van der Waals surface area contributed by atoms with Gasteiger partial charge < -0.3 is 9.64 Å². The predicted octanol–water partition coefficient (Wildman–Crippen LogP) is 3.99. The van der Waals surface area contributed by atoms with Crippen molar-refractivity contribution in [3.63, 3.8) is 0 Å². The lowest BCUT2D eigenvalue weighted by Crippen LogP contribution is -2.28. The predicted molar refractivity (Wildman–Crippen MR) is 103 cm³/mol. The first-order chi connectivity index (χ1) is 12.6. The molecule has 0 N–H and O–H groups in total. The number of amides is 1. The number of carbonyl (C=O) groups is 2. The summed E-state index contributed by atoms with van der Waals surface area (Å²) in [5.74, 6) is -0.341. The zero-order valence-corrected chi connectivity index (χ0v) is 15.6. The van der Waals surface area contributed by atoms with Gasteiger partial charge in [0.2, 0.25) is 0 Å². The Balaban J connectivity index is 1.90. The minimum Gasteiger partial charge on any atom is -0.469 e. The van der Waals surface area contributed by atoms with Crippen LogP contribution in [0.15, 0.2) is 47.8 Å². The lowest BCUT2D eigenvalue weighted by atomic mass is 10.1. The van der Waals surface area contributed by atoms with Gasteiger partial charge in [0.25, 0.3) is 5.91 Å². The minimum atomic E-state index is -0.264. The normalized spacial score (nSPS) is 10.7. The lowest BCUT2D eigenvalue weighted by Gasteiger charge is -2.18. The zero-order valence-electron chi connectivity index (χ0n) is 14.8. The second kappa shape index (κ2) is 8.10. The van der Waals surface area contributed by atoms with Crippen LogP contribution in [-0.4, -0.2) is 42.5 Å². The maximum atomic E-state index is 13.0. The van der Waals surface area contributed by atoms with Crippen molar-refractivity contribution in [2.45, 2.75) is 12.8 Å². The Kier molecular flexibility index (Phi) is 5.63. The van der Waals surface area contributed by atoms with Crippen LogP contribution in [0.1, 0.15) is 23.2 Å². The molecule has 2 heterocycles. The van der Waals surface area contributed by atoms with Gasteiger partial charge in [0.1, 0.15) is 0 Å². The van der Waals surface area contributed by atoms with E-state index in [1.54, 1.807) is 23.3 Å². The summed E-state index contributed by atoms with van der Waals surface area (Å²) >= 11 is 1.59. The van der Waals surface area contributed by atoms with Crippen LogP contribution in [-0.2, 0) is 9.53 Å². The molecule has 6 heteroatoms. The average molecular weight is 368 g/mol. The third kappa shape index (κ3) is 3.91. The number of benzene rings is 1. The Labute approximate surface area is 156 Å². The van der Waals surface area contributed by atoms with Crippen molar-refractivity contribution in [3.05, 3.63) is 53.4 Å². The molecule has 2 aromatic heterocycles. The largest absolute Gasteiger partial charge is 0.469 e. The first kappa shape index (κ1) is 18.1. The van der Waals surface area contributed by atoms with E-state index in [9.17, 15) is 9.59 Å². The summed E-state index contributed by atoms with van der Waals surface area (Å²) in [5, 5.41) is 2.82. The van der Waals surface area contributed by atoms with E-state index in [1.807, 2.05) is 47.8 Å². The van der Waals surface area contributed by atoms with E-state index in [1.165, 1.54) is 7.11 Å². The monoisotopic (exact) mass is 368 g/mol. The third-order valence-corrected chi connectivity index (χ3v) is 5.06. The maximum absolute atomic E-state index is 13.0. The van der Waals surface area contributed by atoms with Crippen molar-refractivity contribution in [1.29, 1.82) is 0 Å². The number of para-hydroxylation sites is 1. The number of fused-ring (bicyclic) bond motifs is 1. The van der Waals surface area contributed by atoms with Crippen molar-refractivity contribution in [2.24, 2.45) is 0 Å². The molecule has 0 fully saturated rings. The third-order valence-electron chi connectivity index (χ3n) is 4.17. The zero-order chi connectivity index (χ0) is 18.5. The fourth-order valence-corrected chi connectivity index (χ4v) is 3.46. The number of ether oxygens (including phenoxy) is 1. The van der Waals surface area contributed by atoms with Gasteiger partial charge in [-0.1, -0.05) is 24.3 Å². The van der Waals surface area contributed by atoms with E-state index >= 15 is 0 Å². The van der Waals surface area contributed by atoms with Crippen molar-refractivity contribution in [2.75, 3.05) is 20.7 Å². The average Bonchev–Trinajstić information content (AvgIpc) is 3.21. The fourth-order valence-electron chi connectivity index (χ4n) is 2.77. The molecular weight excluding hydrogens is 348 g/mol. The molecule has 0 aliphatic carbocycles. The van der Waals surface area contributed by atoms with E-state index in [0.29, 0.717) is 24.9 Å². The molecule has 26 heavy (non-hydrogen) atoms. The second-order valence-corrected chi connectivity index (χ2v) is 6.90. The Morgan fingerprint density at radius 1 is 1.19 bits per heavy atom. The number of aromatic nitrogens is 1. The van der Waals surface area contributed by atoms with Gasteiger partial charge in [-0.3, -0.25) is 9.59 Å². The molecule has 0 radical (unpaired) electrons. The summed E-state index contributed by atoms with van der Waals surface area (Å²) in [4.78, 5) is 31.6. The molecule has 0 atom stereocenters. The van der Waals surface area contributed by atoms with Crippen LogP contribution in [0, 0.1) is 0 Å². The van der Waals surface area contributed by atoms with Gasteiger partial charge in [-0.05, 0) is 30.0 Å². The van der Waals surface area contributed by atoms with Gasteiger partial charge in [0, 0.05) is 25.4 Å². The maximum Gasteiger partial charge on any atom is 0.305 e. The molecule has 0 unspecified atom stereocenters. The van der Waals surface area contributed by atoms with Crippen molar-refractivity contribution < 1.29 is 14.3 Å². The number of nitrogens with zero attached hydrogens (tertiary/aromatic N) is 2. The van der Waals surface area contributed by atoms with Crippen LogP contribution in [0.2, 0.25) is 0 Å². The fraction of sp³-hybridized carbons (Fsp3) is 0.250. The van der Waals surface area contributed by atoms with Crippen molar-refractivity contribution >= 4 is 34.1 Å². The van der Waals surface area contributed by atoms with Crippen LogP contribution >= 0.6 is 11.3 Å². The lowest BCUT2D eigenvalue weighted by molar-refractivity contribution is -0.140. The summed E-state index contributed by atoms with van der Waals surface area (Å²) in [7, 11) is 3.12. The van der Waals surface area contributed by atoms with Gasteiger partial charge in [-0.2, -0.15) is 0 Å². The van der Waals surface area contributed by atoms with Crippen LogP contribution < -0.4 is 0 Å². The summed E-state index contributed by atoms with van der Waals surface area (Å²) in [5.41, 5.74) is 2.22. The van der Waals surface area contributed by atoms with E-state index in [0.717, 1.165) is 21.5 Å². The Morgan fingerprint density at radius 3 is 2.73 bits per heavy atom. The number of methoxy groups -OCH3 is 1. The number of thiophene rings is 1. The minimum absolute atomic E-state index is 0.0775. The molecule has 0 aliphatic rings. The first-order valence-corrected chi connectivity index (χ1v) is 9.24. The molecule has 3 aromatic rings. The first-order valence-electron chi connectivity index (χ1n) is 8.36. The number of hydrogen-bond donors (Lipinski definition) is 0. The summed E-state index contributed by atoms with van der Waals surface area (Å²) in [6.45, 7) is 0.485. The Hall–Kier alpha value is -2.73. The number of carbonyl (C=O) groups excluding carboxylic acids is 2. The molecule has 1 aromatic carbocycles. The molecule has 0 saturated carbocycles. The summed E-state index contributed by atoms with van der Waals surface area (Å²) < 4.78 is 4.64. The van der Waals surface area contributed by atoms with Gasteiger partial charge in [0.05, 0.1) is 28.8 Å². The Bertz CT molecular complexity index is 922. The smallest absolute Gasteiger partial charge is 0.305 e. The number of rotatable bonds is 6. The second-order valence-electron chi connectivity index (χ2n) is 5.96. The highest BCUT2D eigenvalue weighted by Crippen LogP contribution is 2.28. The van der Waals surface area contributed by atoms with E-state index in [2.05, 4.69) is 4.74 Å². The van der Waals surface area contributed by atoms with Gasteiger partial charge in [-0.15, -0.1) is 11.3 Å². The number of esters is 1. The molecule has 0 bridgehead atoms. The standard InChI is InChI=1S/C20H20N2O3S/c1-22(11-5-10-19(23)25-2)20(24)15-13-17(18-9-6-12-26-18)21-16-8-4-3-7-14(15)16/h3-4,6-9,12-13H,5,10-11H2,1-2H3.